The van der Waals surface area contributed by atoms with E-state index in [4.69, 9.17) is 28.9 Å². The average Bonchev–Trinajstić information content (AvgIpc) is 2.60. The van der Waals surface area contributed by atoms with Gasteiger partial charge in [-0.15, -0.1) is 0 Å². The van der Waals surface area contributed by atoms with Gasteiger partial charge in [-0.3, -0.25) is 9.59 Å². The third kappa shape index (κ3) is 3.85. The highest BCUT2D eigenvalue weighted by Gasteiger charge is 2.40. The van der Waals surface area contributed by atoms with E-state index in [2.05, 4.69) is 0 Å². The number of amides is 2. The summed E-state index contributed by atoms with van der Waals surface area (Å²) in [4.78, 5) is 29.2. The van der Waals surface area contributed by atoms with Crippen LogP contribution in [0.4, 0.5) is 0 Å². The molecule has 26 heavy (non-hydrogen) atoms. The van der Waals surface area contributed by atoms with Gasteiger partial charge in [-0.2, -0.15) is 0 Å². The standard InChI is InChI=1S/C19H25Cl2N3O2/c1-19(22)8-3-2-5-13(19)17(25)23-9-11-24(12-10-23)18(26)16-14(20)6-4-7-15(16)21/h4,6-7,13H,2-3,5,8-12,22H2,1H3. The first-order valence-corrected chi connectivity index (χ1v) is 9.88. The summed E-state index contributed by atoms with van der Waals surface area (Å²) in [6, 6.07) is 5.03. The lowest BCUT2D eigenvalue weighted by Gasteiger charge is -2.42. The number of hydrogen-bond donors (Lipinski definition) is 1. The minimum absolute atomic E-state index is 0.123. The molecule has 2 N–H and O–H groups in total. The fourth-order valence-electron chi connectivity index (χ4n) is 3.97. The van der Waals surface area contributed by atoms with Gasteiger partial charge < -0.3 is 15.5 Å². The number of piperazine rings is 1. The number of carbonyl (C=O) groups excluding carboxylic acids is 2. The Morgan fingerprint density at radius 3 is 2.23 bits per heavy atom. The predicted octanol–water partition coefficient (Wildman–Crippen LogP) is 3.19. The maximum absolute atomic E-state index is 12.9. The normalized spacial score (nSPS) is 26.7. The molecule has 0 radical (unpaired) electrons. The van der Waals surface area contributed by atoms with E-state index in [1.54, 1.807) is 23.1 Å². The van der Waals surface area contributed by atoms with Crippen molar-refractivity contribution in [3.63, 3.8) is 0 Å². The van der Waals surface area contributed by atoms with Crippen LogP contribution in [-0.2, 0) is 4.79 Å². The summed E-state index contributed by atoms with van der Waals surface area (Å²) < 4.78 is 0. The van der Waals surface area contributed by atoms with Gasteiger partial charge in [0.15, 0.2) is 0 Å². The predicted molar refractivity (Wildman–Crippen MR) is 103 cm³/mol. The number of nitrogens with zero attached hydrogens (tertiary/aromatic N) is 2. The van der Waals surface area contributed by atoms with Crippen LogP contribution in [0.1, 0.15) is 43.0 Å². The van der Waals surface area contributed by atoms with Crippen LogP contribution in [0.5, 0.6) is 0 Å². The first kappa shape index (κ1) is 19.5. The Kier molecular flexibility index (Phi) is 5.80. The van der Waals surface area contributed by atoms with E-state index in [1.165, 1.54) is 0 Å². The summed E-state index contributed by atoms with van der Waals surface area (Å²) >= 11 is 12.3. The smallest absolute Gasteiger partial charge is 0.257 e. The first-order chi connectivity index (χ1) is 12.3. The fraction of sp³-hybridized carbons (Fsp3) is 0.579. The minimum Gasteiger partial charge on any atom is -0.339 e. The second kappa shape index (κ2) is 7.75. The average molecular weight is 398 g/mol. The molecule has 3 rings (SSSR count). The van der Waals surface area contributed by atoms with Gasteiger partial charge in [0.05, 0.1) is 21.5 Å². The molecule has 0 bridgehead atoms. The number of hydrogen-bond acceptors (Lipinski definition) is 3. The van der Waals surface area contributed by atoms with Crippen LogP contribution < -0.4 is 5.73 Å². The first-order valence-electron chi connectivity index (χ1n) is 9.12. The molecule has 1 aliphatic carbocycles. The highest BCUT2D eigenvalue weighted by molar-refractivity contribution is 6.39. The number of benzene rings is 1. The maximum Gasteiger partial charge on any atom is 0.257 e. The Labute approximate surface area is 164 Å². The van der Waals surface area contributed by atoms with Gasteiger partial charge in [0, 0.05) is 31.7 Å². The minimum atomic E-state index is -0.437. The summed E-state index contributed by atoms with van der Waals surface area (Å²) in [6.45, 7) is 3.95. The monoisotopic (exact) mass is 397 g/mol. The lowest BCUT2D eigenvalue weighted by Crippen LogP contribution is -2.57. The number of halogens is 2. The van der Waals surface area contributed by atoms with Crippen LogP contribution in [0.2, 0.25) is 10.0 Å². The molecule has 1 saturated carbocycles. The summed E-state index contributed by atoms with van der Waals surface area (Å²) in [6.07, 6.45) is 3.86. The van der Waals surface area contributed by atoms with Gasteiger partial charge in [-0.1, -0.05) is 42.1 Å². The summed E-state index contributed by atoms with van der Waals surface area (Å²) in [5.74, 6) is -0.192. The molecule has 2 fully saturated rings. The van der Waals surface area contributed by atoms with Gasteiger partial charge >= 0.3 is 0 Å². The Morgan fingerprint density at radius 2 is 1.65 bits per heavy atom. The second-order valence-corrected chi connectivity index (χ2v) is 8.33. The SMILES string of the molecule is CC1(N)CCCCC1C(=O)N1CCN(C(=O)c2c(Cl)cccc2Cl)CC1. The van der Waals surface area contributed by atoms with Crippen molar-refractivity contribution in [1.29, 1.82) is 0 Å². The fourth-order valence-corrected chi connectivity index (χ4v) is 4.53. The molecular weight excluding hydrogens is 373 g/mol. The van der Waals surface area contributed by atoms with Gasteiger partial charge in [0.2, 0.25) is 5.91 Å². The molecule has 142 valence electrons. The lowest BCUT2D eigenvalue weighted by molar-refractivity contribution is -0.140. The summed E-state index contributed by atoms with van der Waals surface area (Å²) in [5, 5.41) is 0.698. The topological polar surface area (TPSA) is 66.6 Å². The van der Waals surface area contributed by atoms with Crippen LogP contribution in [-0.4, -0.2) is 53.3 Å². The van der Waals surface area contributed by atoms with E-state index in [0.717, 1.165) is 25.7 Å². The zero-order valence-electron chi connectivity index (χ0n) is 15.0. The molecule has 5 nitrogen and oxygen atoms in total. The van der Waals surface area contributed by atoms with E-state index in [0.29, 0.717) is 41.8 Å². The van der Waals surface area contributed by atoms with Crippen molar-refractivity contribution in [2.45, 2.75) is 38.1 Å². The molecule has 2 amide bonds. The van der Waals surface area contributed by atoms with E-state index in [9.17, 15) is 9.59 Å². The second-order valence-electron chi connectivity index (χ2n) is 7.52. The number of nitrogens with two attached hydrogens (primary N) is 1. The molecule has 1 heterocycles. The molecule has 2 unspecified atom stereocenters. The van der Waals surface area contributed by atoms with Crippen LogP contribution in [0.15, 0.2) is 18.2 Å². The molecule has 0 aromatic heterocycles. The van der Waals surface area contributed by atoms with E-state index >= 15 is 0 Å². The molecule has 0 spiro atoms. The molecule has 1 aromatic carbocycles. The molecule has 1 aromatic rings. The molecule has 1 aliphatic heterocycles. The Balaban J connectivity index is 1.64. The van der Waals surface area contributed by atoms with Gasteiger partial charge in [0.25, 0.3) is 5.91 Å². The van der Waals surface area contributed by atoms with Crippen LogP contribution in [0.3, 0.4) is 0 Å². The van der Waals surface area contributed by atoms with Crippen molar-refractivity contribution < 1.29 is 9.59 Å². The van der Waals surface area contributed by atoms with Crippen molar-refractivity contribution in [1.82, 2.24) is 9.80 Å². The van der Waals surface area contributed by atoms with Crippen LogP contribution in [0.25, 0.3) is 0 Å². The van der Waals surface area contributed by atoms with Crippen LogP contribution >= 0.6 is 23.2 Å². The Bertz CT molecular complexity index is 680. The van der Waals surface area contributed by atoms with Crippen molar-refractivity contribution in [3.8, 4) is 0 Å². The molecule has 7 heteroatoms. The number of rotatable bonds is 2. The third-order valence-electron chi connectivity index (χ3n) is 5.61. The molecule has 1 saturated heterocycles. The van der Waals surface area contributed by atoms with E-state index in [1.807, 2.05) is 11.8 Å². The summed E-state index contributed by atoms with van der Waals surface area (Å²) in [7, 11) is 0. The van der Waals surface area contributed by atoms with Crippen molar-refractivity contribution in [2.24, 2.45) is 11.7 Å². The number of carbonyl (C=O) groups is 2. The van der Waals surface area contributed by atoms with Crippen molar-refractivity contribution in [2.75, 3.05) is 26.2 Å². The zero-order chi connectivity index (χ0) is 18.9. The van der Waals surface area contributed by atoms with Gasteiger partial charge in [0.1, 0.15) is 0 Å². The Morgan fingerprint density at radius 1 is 1.08 bits per heavy atom. The third-order valence-corrected chi connectivity index (χ3v) is 6.24. The highest BCUT2D eigenvalue weighted by atomic mass is 35.5. The summed E-state index contributed by atoms with van der Waals surface area (Å²) in [5.41, 5.74) is 6.27. The molecule has 2 aliphatic rings. The van der Waals surface area contributed by atoms with E-state index in [-0.39, 0.29) is 17.7 Å². The maximum atomic E-state index is 12.9. The quantitative estimate of drug-likeness (QED) is 0.832. The van der Waals surface area contributed by atoms with Crippen molar-refractivity contribution in [3.05, 3.63) is 33.8 Å². The highest BCUT2D eigenvalue weighted by Crippen LogP contribution is 2.33. The van der Waals surface area contributed by atoms with Gasteiger partial charge in [-0.05, 0) is 31.9 Å². The van der Waals surface area contributed by atoms with Crippen LogP contribution in [0, 0.1) is 5.92 Å². The van der Waals surface area contributed by atoms with E-state index < -0.39 is 5.54 Å². The van der Waals surface area contributed by atoms with Crippen molar-refractivity contribution >= 4 is 35.0 Å². The largest absolute Gasteiger partial charge is 0.339 e. The van der Waals surface area contributed by atoms with Gasteiger partial charge in [-0.25, -0.2) is 0 Å². The molecular formula is C19H25Cl2N3O2. The Hall–Kier alpha value is -1.30. The lowest BCUT2D eigenvalue weighted by atomic mass is 9.74. The molecule has 2 atom stereocenters. The zero-order valence-corrected chi connectivity index (χ0v) is 16.5.